The van der Waals surface area contributed by atoms with Crippen molar-refractivity contribution >= 4 is 17.4 Å². The number of anilines is 2. The van der Waals surface area contributed by atoms with E-state index in [2.05, 4.69) is 27.2 Å². The molecule has 114 valence electrons. The van der Waals surface area contributed by atoms with Crippen LogP contribution in [-0.4, -0.2) is 22.4 Å². The maximum Gasteiger partial charge on any atom is 0.270 e. The van der Waals surface area contributed by atoms with Crippen LogP contribution in [-0.2, 0) is 0 Å². The molecule has 22 heavy (non-hydrogen) atoms. The van der Waals surface area contributed by atoms with Crippen LogP contribution in [0.2, 0.25) is 0 Å². The molecule has 0 radical (unpaired) electrons. The number of hydrogen-bond acceptors (Lipinski definition) is 4. The van der Waals surface area contributed by atoms with Crippen LogP contribution in [0.5, 0.6) is 0 Å². The van der Waals surface area contributed by atoms with Gasteiger partial charge in [-0.1, -0.05) is 6.08 Å². The van der Waals surface area contributed by atoms with Gasteiger partial charge in [0.05, 0.1) is 0 Å². The number of halogens is 2. The van der Waals surface area contributed by atoms with Crippen molar-refractivity contribution in [1.82, 2.24) is 15.3 Å². The smallest absolute Gasteiger partial charge is 0.270 e. The molecule has 0 aliphatic carbocycles. The highest BCUT2D eigenvalue weighted by Crippen LogP contribution is 2.18. The van der Waals surface area contributed by atoms with Crippen LogP contribution in [0.15, 0.2) is 36.9 Å². The summed E-state index contributed by atoms with van der Waals surface area (Å²) in [6, 6.07) is 4.80. The number of amides is 1. The minimum atomic E-state index is -0.972. The van der Waals surface area contributed by atoms with Crippen LogP contribution in [0, 0.1) is 18.6 Å². The molecule has 2 N–H and O–H groups in total. The lowest BCUT2D eigenvalue weighted by molar-refractivity contribution is 0.0952. The van der Waals surface area contributed by atoms with Gasteiger partial charge in [0, 0.05) is 24.4 Å². The van der Waals surface area contributed by atoms with E-state index in [1.807, 2.05) is 0 Å². The molecule has 0 spiro atoms. The summed E-state index contributed by atoms with van der Waals surface area (Å²) in [5, 5.41) is 5.41. The van der Waals surface area contributed by atoms with E-state index in [-0.39, 0.29) is 11.6 Å². The van der Waals surface area contributed by atoms with Crippen molar-refractivity contribution < 1.29 is 13.6 Å². The number of carbonyl (C=O) groups excluding carboxylic acids is 1. The number of hydrogen-bond donors (Lipinski definition) is 2. The zero-order valence-electron chi connectivity index (χ0n) is 11.9. The maximum atomic E-state index is 13.2. The standard InChI is InChI=1S/C15H14F2N4O/c1-3-6-18-15(22)13-8-14(20-9(2)19-13)21-10-4-5-11(16)12(17)7-10/h3-5,7-8H,1,6H2,2H3,(H,18,22)(H,19,20,21). The Bertz CT molecular complexity index is 719. The second-order valence-corrected chi connectivity index (χ2v) is 4.44. The molecule has 7 heteroatoms. The van der Waals surface area contributed by atoms with Crippen molar-refractivity contribution in [3.05, 3.63) is 60.1 Å². The van der Waals surface area contributed by atoms with E-state index >= 15 is 0 Å². The zero-order valence-corrected chi connectivity index (χ0v) is 11.9. The molecule has 0 aliphatic rings. The van der Waals surface area contributed by atoms with Crippen LogP contribution in [0.25, 0.3) is 0 Å². The lowest BCUT2D eigenvalue weighted by atomic mass is 10.3. The SMILES string of the molecule is C=CCNC(=O)c1cc(Nc2ccc(F)c(F)c2)nc(C)n1. The van der Waals surface area contributed by atoms with Gasteiger partial charge in [-0.3, -0.25) is 4.79 Å². The van der Waals surface area contributed by atoms with Crippen molar-refractivity contribution in [2.24, 2.45) is 0 Å². The van der Waals surface area contributed by atoms with Gasteiger partial charge in [0.2, 0.25) is 0 Å². The summed E-state index contributed by atoms with van der Waals surface area (Å²) in [6.07, 6.45) is 1.55. The predicted molar refractivity (Wildman–Crippen MR) is 78.9 cm³/mol. The third-order valence-corrected chi connectivity index (χ3v) is 2.67. The lowest BCUT2D eigenvalue weighted by Crippen LogP contribution is -2.24. The lowest BCUT2D eigenvalue weighted by Gasteiger charge is -2.09. The van der Waals surface area contributed by atoms with Crippen molar-refractivity contribution in [2.75, 3.05) is 11.9 Å². The molecule has 0 aliphatic heterocycles. The second kappa shape index (κ2) is 6.75. The molecular weight excluding hydrogens is 290 g/mol. The van der Waals surface area contributed by atoms with Gasteiger partial charge in [-0.2, -0.15) is 0 Å². The van der Waals surface area contributed by atoms with Gasteiger partial charge in [-0.15, -0.1) is 6.58 Å². The molecule has 0 fully saturated rings. The molecule has 2 aromatic rings. The quantitative estimate of drug-likeness (QED) is 0.834. The largest absolute Gasteiger partial charge is 0.347 e. The molecule has 0 saturated carbocycles. The summed E-state index contributed by atoms with van der Waals surface area (Å²) in [5.74, 6) is -1.61. The summed E-state index contributed by atoms with van der Waals surface area (Å²) in [6.45, 7) is 5.45. The number of rotatable bonds is 5. The minimum Gasteiger partial charge on any atom is -0.347 e. The van der Waals surface area contributed by atoms with E-state index in [1.165, 1.54) is 12.1 Å². The second-order valence-electron chi connectivity index (χ2n) is 4.44. The Morgan fingerprint density at radius 1 is 1.27 bits per heavy atom. The average molecular weight is 304 g/mol. The molecule has 2 rings (SSSR count). The highest BCUT2D eigenvalue weighted by Gasteiger charge is 2.10. The number of aromatic nitrogens is 2. The van der Waals surface area contributed by atoms with Gasteiger partial charge in [-0.25, -0.2) is 18.7 Å². The first kappa shape index (κ1) is 15.6. The molecule has 1 amide bonds. The van der Waals surface area contributed by atoms with Crippen molar-refractivity contribution in [2.45, 2.75) is 6.92 Å². The Morgan fingerprint density at radius 3 is 2.73 bits per heavy atom. The monoisotopic (exact) mass is 304 g/mol. The van der Waals surface area contributed by atoms with Crippen LogP contribution < -0.4 is 10.6 Å². The summed E-state index contributed by atoms with van der Waals surface area (Å²) in [4.78, 5) is 20.0. The van der Waals surface area contributed by atoms with Crippen molar-refractivity contribution in [1.29, 1.82) is 0 Å². The first-order valence-electron chi connectivity index (χ1n) is 6.46. The van der Waals surface area contributed by atoms with Crippen LogP contribution in [0.4, 0.5) is 20.3 Å². The van der Waals surface area contributed by atoms with Crippen LogP contribution in [0.1, 0.15) is 16.3 Å². The van der Waals surface area contributed by atoms with E-state index in [0.29, 0.717) is 23.9 Å². The minimum absolute atomic E-state index is 0.166. The first-order chi connectivity index (χ1) is 10.5. The summed E-state index contributed by atoms with van der Waals surface area (Å²) < 4.78 is 26.1. The van der Waals surface area contributed by atoms with Crippen LogP contribution in [0.3, 0.4) is 0 Å². The van der Waals surface area contributed by atoms with E-state index in [1.54, 1.807) is 13.0 Å². The molecule has 0 bridgehead atoms. The number of nitrogens with zero attached hydrogens (tertiary/aromatic N) is 2. The fourth-order valence-electron chi connectivity index (χ4n) is 1.73. The number of carbonyl (C=O) groups is 1. The third-order valence-electron chi connectivity index (χ3n) is 2.67. The predicted octanol–water partition coefficient (Wildman–Crippen LogP) is 2.72. The molecule has 0 unspecified atom stereocenters. The first-order valence-corrected chi connectivity index (χ1v) is 6.46. The van der Waals surface area contributed by atoms with Crippen LogP contribution >= 0.6 is 0 Å². The Labute approximate surface area is 126 Å². The normalized spacial score (nSPS) is 10.1. The molecule has 0 saturated heterocycles. The van der Waals surface area contributed by atoms with Gasteiger partial charge >= 0.3 is 0 Å². The Kier molecular flexibility index (Phi) is 4.77. The van der Waals surface area contributed by atoms with Gasteiger partial charge in [0.25, 0.3) is 5.91 Å². The molecule has 1 heterocycles. The van der Waals surface area contributed by atoms with Gasteiger partial charge < -0.3 is 10.6 Å². The molecular formula is C15H14F2N4O. The summed E-state index contributed by atoms with van der Waals surface area (Å²) in [5.41, 5.74) is 0.480. The Balaban J connectivity index is 2.23. The molecule has 0 atom stereocenters. The van der Waals surface area contributed by atoms with Gasteiger partial charge in [0.15, 0.2) is 11.6 Å². The number of nitrogens with one attached hydrogen (secondary N) is 2. The third kappa shape index (κ3) is 3.85. The maximum absolute atomic E-state index is 13.2. The van der Waals surface area contributed by atoms with Crippen molar-refractivity contribution in [3.8, 4) is 0 Å². The zero-order chi connectivity index (χ0) is 16.1. The van der Waals surface area contributed by atoms with E-state index in [0.717, 1.165) is 12.1 Å². The summed E-state index contributed by atoms with van der Waals surface area (Å²) in [7, 11) is 0. The van der Waals surface area contributed by atoms with Gasteiger partial charge in [0.1, 0.15) is 17.3 Å². The Hall–Kier alpha value is -2.83. The number of aryl methyl sites for hydroxylation is 1. The summed E-state index contributed by atoms with van der Waals surface area (Å²) >= 11 is 0. The molecule has 1 aromatic carbocycles. The average Bonchev–Trinajstić information content (AvgIpc) is 2.48. The topological polar surface area (TPSA) is 66.9 Å². The Morgan fingerprint density at radius 2 is 2.05 bits per heavy atom. The fraction of sp³-hybridized carbons (Fsp3) is 0.133. The van der Waals surface area contributed by atoms with E-state index in [9.17, 15) is 13.6 Å². The highest BCUT2D eigenvalue weighted by atomic mass is 19.2. The molecule has 1 aromatic heterocycles. The fourth-order valence-corrected chi connectivity index (χ4v) is 1.73. The molecule has 5 nitrogen and oxygen atoms in total. The highest BCUT2D eigenvalue weighted by molar-refractivity contribution is 5.93. The van der Waals surface area contributed by atoms with Gasteiger partial charge in [-0.05, 0) is 19.1 Å². The van der Waals surface area contributed by atoms with Crippen molar-refractivity contribution in [3.63, 3.8) is 0 Å². The van der Waals surface area contributed by atoms with E-state index in [4.69, 9.17) is 0 Å². The number of benzene rings is 1. The van der Waals surface area contributed by atoms with E-state index < -0.39 is 11.6 Å².